The monoisotopic (exact) mass is 332 g/mol. The lowest BCUT2D eigenvalue weighted by Gasteiger charge is -2.17. The summed E-state index contributed by atoms with van der Waals surface area (Å²) in [4.78, 5) is 40.0. The number of imide groups is 1. The van der Waals surface area contributed by atoms with Gasteiger partial charge in [-0.3, -0.25) is 19.3 Å². The highest BCUT2D eigenvalue weighted by molar-refractivity contribution is 6.22. The Bertz CT molecular complexity index is 642. The van der Waals surface area contributed by atoms with Crippen molar-refractivity contribution in [2.75, 3.05) is 33.9 Å². The zero-order chi connectivity index (χ0) is 17.7. The van der Waals surface area contributed by atoms with Crippen molar-refractivity contribution in [1.29, 1.82) is 0 Å². The van der Waals surface area contributed by atoms with E-state index in [1.165, 1.54) is 11.0 Å². The van der Waals surface area contributed by atoms with E-state index < -0.39 is 0 Å². The molecule has 1 aromatic carbocycles. The Hall–Kier alpha value is -2.21. The summed E-state index contributed by atoms with van der Waals surface area (Å²) in [7, 11) is 3.33. The predicted octanol–water partition coefficient (Wildman–Crippen LogP) is 2.19. The fourth-order valence-electron chi connectivity index (χ4n) is 2.71. The summed E-state index contributed by atoms with van der Waals surface area (Å²) in [6.07, 6.45) is 2.43. The first-order valence-electron chi connectivity index (χ1n) is 8.25. The summed E-state index contributed by atoms with van der Waals surface area (Å²) >= 11 is 0. The van der Waals surface area contributed by atoms with Gasteiger partial charge in [0.1, 0.15) is 0 Å². The second-order valence-corrected chi connectivity index (χ2v) is 5.95. The molecule has 0 atom stereocenters. The van der Waals surface area contributed by atoms with Crippen LogP contribution in [-0.2, 0) is 4.74 Å². The van der Waals surface area contributed by atoms with Crippen LogP contribution in [0.2, 0.25) is 0 Å². The Morgan fingerprint density at radius 3 is 2.54 bits per heavy atom. The van der Waals surface area contributed by atoms with Crippen LogP contribution in [0, 0.1) is 0 Å². The van der Waals surface area contributed by atoms with Gasteiger partial charge in [-0.2, -0.15) is 0 Å². The Labute approximate surface area is 142 Å². The van der Waals surface area contributed by atoms with Crippen LogP contribution in [0.3, 0.4) is 0 Å². The van der Waals surface area contributed by atoms with Crippen LogP contribution in [0.15, 0.2) is 18.2 Å². The van der Waals surface area contributed by atoms with Gasteiger partial charge in [-0.05, 0) is 31.0 Å². The molecule has 1 aliphatic heterocycles. The second kappa shape index (κ2) is 8.06. The van der Waals surface area contributed by atoms with Crippen molar-refractivity contribution in [3.8, 4) is 0 Å². The van der Waals surface area contributed by atoms with Crippen molar-refractivity contribution in [3.05, 3.63) is 34.9 Å². The van der Waals surface area contributed by atoms with Gasteiger partial charge in [-0.15, -0.1) is 0 Å². The van der Waals surface area contributed by atoms with Gasteiger partial charge in [0.2, 0.25) is 0 Å². The number of methoxy groups -OCH3 is 1. The maximum Gasteiger partial charge on any atom is 0.261 e. The summed E-state index contributed by atoms with van der Waals surface area (Å²) in [5.74, 6) is -0.739. The number of benzene rings is 1. The minimum absolute atomic E-state index is 0.166. The molecule has 0 N–H and O–H groups in total. The number of fused-ring (bicyclic) bond motifs is 1. The van der Waals surface area contributed by atoms with Crippen molar-refractivity contribution in [3.63, 3.8) is 0 Å². The van der Waals surface area contributed by atoms with Gasteiger partial charge in [0.25, 0.3) is 17.7 Å². The van der Waals surface area contributed by atoms with Crippen molar-refractivity contribution in [2.45, 2.75) is 26.2 Å². The summed E-state index contributed by atoms with van der Waals surface area (Å²) < 4.78 is 4.98. The van der Waals surface area contributed by atoms with E-state index in [-0.39, 0.29) is 17.7 Å². The molecule has 130 valence electrons. The topological polar surface area (TPSA) is 66.9 Å². The van der Waals surface area contributed by atoms with Crippen LogP contribution in [0.25, 0.3) is 0 Å². The highest BCUT2D eigenvalue weighted by Crippen LogP contribution is 2.24. The number of hydrogen-bond donors (Lipinski definition) is 0. The fourth-order valence-corrected chi connectivity index (χ4v) is 2.71. The molecule has 1 heterocycles. The molecule has 24 heavy (non-hydrogen) atoms. The van der Waals surface area contributed by atoms with E-state index in [1.807, 2.05) is 6.92 Å². The quantitative estimate of drug-likeness (QED) is 0.541. The third-order valence-corrected chi connectivity index (χ3v) is 4.14. The largest absolute Gasteiger partial charge is 0.385 e. The highest BCUT2D eigenvalue weighted by atomic mass is 16.5. The summed E-state index contributed by atoms with van der Waals surface area (Å²) in [6, 6.07) is 4.73. The summed E-state index contributed by atoms with van der Waals surface area (Å²) in [5.41, 5.74) is 1.13. The van der Waals surface area contributed by atoms with E-state index in [9.17, 15) is 14.4 Å². The molecule has 0 saturated heterocycles. The molecule has 0 aromatic heterocycles. The molecule has 6 heteroatoms. The standard InChI is InChI=1S/C18H24N2O4/c1-4-5-10-20-17(22)14-8-7-13(12-15(14)18(20)23)16(21)19(2)9-6-11-24-3/h7-8,12H,4-6,9-11H2,1-3H3. The van der Waals surface area contributed by atoms with E-state index >= 15 is 0 Å². The summed E-state index contributed by atoms with van der Waals surface area (Å²) in [6.45, 7) is 3.58. The third kappa shape index (κ3) is 3.64. The molecule has 0 radical (unpaired) electrons. The average Bonchev–Trinajstić information content (AvgIpc) is 2.83. The predicted molar refractivity (Wildman–Crippen MR) is 90.2 cm³/mol. The number of carbonyl (C=O) groups excluding carboxylic acids is 3. The number of carbonyl (C=O) groups is 3. The lowest BCUT2D eigenvalue weighted by Crippen LogP contribution is -2.30. The zero-order valence-electron chi connectivity index (χ0n) is 14.5. The van der Waals surface area contributed by atoms with E-state index in [0.717, 1.165) is 19.3 Å². The van der Waals surface area contributed by atoms with Gasteiger partial charge in [0, 0.05) is 39.4 Å². The molecule has 0 bridgehead atoms. The number of ether oxygens (including phenoxy) is 1. The molecule has 2 rings (SSSR count). The molecule has 0 saturated carbocycles. The van der Waals surface area contributed by atoms with E-state index in [0.29, 0.717) is 36.4 Å². The molecule has 0 aliphatic carbocycles. The normalized spacial score (nSPS) is 13.4. The van der Waals surface area contributed by atoms with Crippen LogP contribution in [-0.4, -0.2) is 61.4 Å². The Morgan fingerprint density at radius 1 is 1.17 bits per heavy atom. The van der Waals surface area contributed by atoms with Gasteiger partial charge in [-0.25, -0.2) is 0 Å². The molecular formula is C18H24N2O4. The van der Waals surface area contributed by atoms with Gasteiger partial charge in [-0.1, -0.05) is 13.3 Å². The summed E-state index contributed by atoms with van der Waals surface area (Å²) in [5, 5.41) is 0. The second-order valence-electron chi connectivity index (χ2n) is 5.95. The zero-order valence-corrected chi connectivity index (χ0v) is 14.5. The molecule has 1 aromatic rings. The molecule has 0 spiro atoms. The Balaban J connectivity index is 2.15. The van der Waals surface area contributed by atoms with E-state index in [2.05, 4.69) is 0 Å². The Morgan fingerprint density at radius 2 is 1.88 bits per heavy atom. The first-order valence-corrected chi connectivity index (χ1v) is 8.25. The lowest BCUT2D eigenvalue weighted by atomic mass is 10.0. The minimum Gasteiger partial charge on any atom is -0.385 e. The maximum absolute atomic E-state index is 12.5. The van der Waals surface area contributed by atoms with Crippen LogP contribution >= 0.6 is 0 Å². The van der Waals surface area contributed by atoms with Crippen LogP contribution in [0.1, 0.15) is 57.3 Å². The number of amides is 3. The van der Waals surface area contributed by atoms with Crippen LogP contribution in [0.5, 0.6) is 0 Å². The average molecular weight is 332 g/mol. The maximum atomic E-state index is 12.5. The molecule has 0 fully saturated rings. The number of rotatable bonds is 8. The fraction of sp³-hybridized carbons (Fsp3) is 0.500. The number of unbranched alkanes of at least 4 members (excludes halogenated alkanes) is 1. The van der Waals surface area contributed by atoms with E-state index in [4.69, 9.17) is 4.74 Å². The van der Waals surface area contributed by atoms with Gasteiger partial charge >= 0.3 is 0 Å². The molecule has 1 aliphatic rings. The first-order chi connectivity index (χ1) is 11.5. The SMILES string of the molecule is CCCCN1C(=O)c2ccc(C(=O)N(C)CCCOC)cc2C1=O. The minimum atomic E-state index is -0.305. The number of hydrogen-bond acceptors (Lipinski definition) is 4. The Kier molecular flexibility index (Phi) is 6.09. The van der Waals surface area contributed by atoms with Gasteiger partial charge in [0.15, 0.2) is 0 Å². The molecular weight excluding hydrogens is 308 g/mol. The van der Waals surface area contributed by atoms with Crippen molar-refractivity contribution in [1.82, 2.24) is 9.80 Å². The third-order valence-electron chi connectivity index (χ3n) is 4.14. The van der Waals surface area contributed by atoms with Gasteiger partial charge < -0.3 is 9.64 Å². The van der Waals surface area contributed by atoms with Crippen LogP contribution in [0.4, 0.5) is 0 Å². The van der Waals surface area contributed by atoms with Crippen molar-refractivity contribution in [2.24, 2.45) is 0 Å². The lowest BCUT2D eigenvalue weighted by molar-refractivity contribution is 0.0652. The molecule has 0 unspecified atom stereocenters. The van der Waals surface area contributed by atoms with Crippen molar-refractivity contribution >= 4 is 17.7 Å². The number of nitrogens with zero attached hydrogens (tertiary/aromatic N) is 2. The molecule has 3 amide bonds. The van der Waals surface area contributed by atoms with E-state index in [1.54, 1.807) is 31.2 Å². The smallest absolute Gasteiger partial charge is 0.261 e. The van der Waals surface area contributed by atoms with Gasteiger partial charge in [0.05, 0.1) is 11.1 Å². The van der Waals surface area contributed by atoms with Crippen LogP contribution < -0.4 is 0 Å². The highest BCUT2D eigenvalue weighted by Gasteiger charge is 2.35. The first kappa shape index (κ1) is 18.1. The van der Waals surface area contributed by atoms with Crippen molar-refractivity contribution < 1.29 is 19.1 Å². The molecule has 6 nitrogen and oxygen atoms in total.